The summed E-state index contributed by atoms with van der Waals surface area (Å²) in [6, 6.07) is 4.73. The van der Waals surface area contributed by atoms with Crippen LogP contribution >= 0.6 is 11.3 Å². The van der Waals surface area contributed by atoms with Crippen molar-refractivity contribution in [1.82, 2.24) is 20.4 Å². The number of aliphatic imine (C=N–C) groups is 1. The molecule has 170 valence electrons. The fraction of sp³-hybridized carbons (Fsp3) is 0.773. The van der Waals surface area contributed by atoms with Crippen molar-refractivity contribution in [1.29, 1.82) is 0 Å². The number of morpholine rings is 1. The predicted octanol–water partition coefficient (Wildman–Crippen LogP) is 2.03. The first-order chi connectivity index (χ1) is 14.7. The van der Waals surface area contributed by atoms with Gasteiger partial charge < -0.3 is 25.0 Å². The van der Waals surface area contributed by atoms with Gasteiger partial charge in [-0.3, -0.25) is 9.89 Å². The van der Waals surface area contributed by atoms with Gasteiger partial charge in [-0.1, -0.05) is 6.07 Å². The van der Waals surface area contributed by atoms with Gasteiger partial charge in [-0.2, -0.15) is 0 Å². The Kier molecular flexibility index (Phi) is 9.87. The zero-order valence-corrected chi connectivity index (χ0v) is 19.6. The molecule has 1 aromatic heterocycles. The van der Waals surface area contributed by atoms with Crippen molar-refractivity contribution in [3.05, 3.63) is 22.4 Å². The van der Waals surface area contributed by atoms with Crippen molar-refractivity contribution < 1.29 is 9.47 Å². The van der Waals surface area contributed by atoms with Crippen molar-refractivity contribution in [2.75, 3.05) is 73.2 Å². The third-order valence-electron chi connectivity index (χ3n) is 6.15. The Hall–Kier alpha value is -1.19. The molecular formula is C22H39N5O2S. The van der Waals surface area contributed by atoms with Crippen LogP contribution in [0.5, 0.6) is 0 Å². The maximum atomic E-state index is 5.75. The van der Waals surface area contributed by atoms with Gasteiger partial charge in [0.05, 0.1) is 25.4 Å². The second-order valence-electron chi connectivity index (χ2n) is 8.32. The van der Waals surface area contributed by atoms with Gasteiger partial charge in [-0.15, -0.1) is 11.3 Å². The van der Waals surface area contributed by atoms with Gasteiger partial charge in [0.15, 0.2) is 5.96 Å². The largest absolute Gasteiger partial charge is 0.383 e. The lowest BCUT2D eigenvalue weighted by molar-refractivity contribution is -0.0334. The average Bonchev–Trinajstić information content (AvgIpc) is 3.30. The summed E-state index contributed by atoms with van der Waals surface area (Å²) >= 11 is 1.83. The summed E-state index contributed by atoms with van der Waals surface area (Å²) in [6.07, 6.45) is 2.75. The maximum Gasteiger partial charge on any atom is 0.191 e. The molecule has 0 aliphatic carbocycles. The van der Waals surface area contributed by atoms with E-state index >= 15 is 0 Å². The number of methoxy groups -OCH3 is 1. The second-order valence-corrected chi connectivity index (χ2v) is 9.30. The van der Waals surface area contributed by atoms with E-state index in [1.165, 1.54) is 17.7 Å². The van der Waals surface area contributed by atoms with Gasteiger partial charge in [0, 0.05) is 51.8 Å². The van der Waals surface area contributed by atoms with Crippen LogP contribution in [0.4, 0.5) is 0 Å². The van der Waals surface area contributed by atoms with Gasteiger partial charge in [0.1, 0.15) is 0 Å². The van der Waals surface area contributed by atoms with Gasteiger partial charge in [0.25, 0.3) is 0 Å². The number of nitrogens with one attached hydrogen (secondary N) is 2. The van der Waals surface area contributed by atoms with Crippen molar-refractivity contribution in [2.45, 2.75) is 31.9 Å². The molecule has 0 amide bonds. The van der Waals surface area contributed by atoms with Gasteiger partial charge in [-0.05, 0) is 50.2 Å². The second kappa shape index (κ2) is 12.6. The highest BCUT2D eigenvalue weighted by Gasteiger charge is 2.26. The SMILES string of the molecule is CN=C(NCC1CCN(CCOC)CC1)NCC(c1cccs1)N1CCOC(C)C1. The maximum absolute atomic E-state index is 5.75. The molecule has 0 radical (unpaired) electrons. The van der Waals surface area contributed by atoms with Crippen LogP contribution in [0, 0.1) is 5.92 Å². The Bertz CT molecular complexity index is 619. The normalized spacial score (nSPS) is 23.4. The van der Waals surface area contributed by atoms with Crippen LogP contribution in [0.1, 0.15) is 30.7 Å². The number of piperidine rings is 1. The van der Waals surface area contributed by atoms with E-state index in [1.54, 1.807) is 7.11 Å². The average molecular weight is 438 g/mol. The molecule has 30 heavy (non-hydrogen) atoms. The highest BCUT2D eigenvalue weighted by Crippen LogP contribution is 2.26. The van der Waals surface area contributed by atoms with Gasteiger partial charge >= 0.3 is 0 Å². The minimum absolute atomic E-state index is 0.286. The summed E-state index contributed by atoms with van der Waals surface area (Å²) < 4.78 is 11.0. The Labute approximate surface area is 185 Å². The summed E-state index contributed by atoms with van der Waals surface area (Å²) in [4.78, 5) is 10.9. The van der Waals surface area contributed by atoms with E-state index in [1.807, 2.05) is 18.4 Å². The van der Waals surface area contributed by atoms with Crippen molar-refractivity contribution in [3.63, 3.8) is 0 Å². The summed E-state index contributed by atoms with van der Waals surface area (Å²) in [5.74, 6) is 1.61. The molecule has 0 spiro atoms. The topological polar surface area (TPSA) is 61.4 Å². The van der Waals surface area contributed by atoms with Gasteiger partial charge in [-0.25, -0.2) is 0 Å². The number of thiophene rings is 1. The molecule has 2 aliphatic heterocycles. The molecular weight excluding hydrogens is 398 g/mol. The van der Waals surface area contributed by atoms with E-state index in [2.05, 4.69) is 49.9 Å². The zero-order chi connectivity index (χ0) is 21.2. The summed E-state index contributed by atoms with van der Waals surface area (Å²) in [5.41, 5.74) is 0. The fourth-order valence-electron chi connectivity index (χ4n) is 4.31. The van der Waals surface area contributed by atoms with Crippen molar-refractivity contribution in [3.8, 4) is 0 Å². The molecule has 0 bridgehead atoms. The van der Waals surface area contributed by atoms with Crippen LogP contribution in [-0.2, 0) is 9.47 Å². The number of nitrogens with zero attached hydrogens (tertiary/aromatic N) is 3. The number of hydrogen-bond donors (Lipinski definition) is 2. The lowest BCUT2D eigenvalue weighted by Crippen LogP contribution is -2.48. The van der Waals surface area contributed by atoms with Crippen LogP contribution in [-0.4, -0.2) is 95.0 Å². The summed E-state index contributed by atoms with van der Waals surface area (Å²) in [5, 5.41) is 9.31. The van der Waals surface area contributed by atoms with E-state index in [4.69, 9.17) is 9.47 Å². The van der Waals surface area contributed by atoms with E-state index in [0.29, 0.717) is 12.0 Å². The molecule has 3 heterocycles. The highest BCUT2D eigenvalue weighted by molar-refractivity contribution is 7.10. The monoisotopic (exact) mass is 437 g/mol. The van der Waals surface area contributed by atoms with Crippen molar-refractivity contribution in [2.24, 2.45) is 10.9 Å². The van der Waals surface area contributed by atoms with Crippen LogP contribution in [0.2, 0.25) is 0 Å². The Morgan fingerprint density at radius 1 is 1.33 bits per heavy atom. The first-order valence-electron chi connectivity index (χ1n) is 11.2. The lowest BCUT2D eigenvalue weighted by atomic mass is 9.97. The number of rotatable bonds is 9. The van der Waals surface area contributed by atoms with E-state index < -0.39 is 0 Å². The molecule has 3 rings (SSSR count). The number of hydrogen-bond acceptors (Lipinski definition) is 6. The van der Waals surface area contributed by atoms with Gasteiger partial charge in [0.2, 0.25) is 0 Å². The quantitative estimate of drug-likeness (QED) is 0.455. The number of likely N-dealkylation sites (tertiary alicyclic amines) is 1. The first kappa shape index (κ1) is 23.5. The molecule has 0 saturated carbocycles. The zero-order valence-electron chi connectivity index (χ0n) is 18.8. The third kappa shape index (κ3) is 7.20. The molecule has 2 saturated heterocycles. The summed E-state index contributed by atoms with van der Waals surface area (Å²) in [7, 11) is 3.64. The van der Waals surface area contributed by atoms with Crippen LogP contribution in [0.3, 0.4) is 0 Å². The Morgan fingerprint density at radius 3 is 2.83 bits per heavy atom. The lowest BCUT2D eigenvalue weighted by Gasteiger charge is -2.37. The molecule has 2 atom stereocenters. The van der Waals surface area contributed by atoms with Crippen LogP contribution < -0.4 is 10.6 Å². The Balaban J connectivity index is 1.45. The number of guanidine groups is 1. The minimum atomic E-state index is 0.286. The minimum Gasteiger partial charge on any atom is -0.383 e. The molecule has 2 unspecified atom stereocenters. The molecule has 0 aromatic carbocycles. The van der Waals surface area contributed by atoms with E-state index in [-0.39, 0.29) is 6.10 Å². The third-order valence-corrected chi connectivity index (χ3v) is 7.12. The fourth-order valence-corrected chi connectivity index (χ4v) is 5.17. The van der Waals surface area contributed by atoms with E-state index in [9.17, 15) is 0 Å². The molecule has 1 aromatic rings. The first-order valence-corrected chi connectivity index (χ1v) is 12.1. The molecule has 2 N–H and O–H groups in total. The number of ether oxygens (including phenoxy) is 2. The highest BCUT2D eigenvalue weighted by atomic mass is 32.1. The smallest absolute Gasteiger partial charge is 0.191 e. The van der Waals surface area contributed by atoms with Crippen LogP contribution in [0.25, 0.3) is 0 Å². The summed E-state index contributed by atoms with van der Waals surface area (Å²) in [6.45, 7) is 10.9. The predicted molar refractivity (Wildman–Crippen MR) is 124 cm³/mol. The standard InChI is InChI=1S/C22H39N5O2S/c1-18-17-27(11-13-29-18)20(21-5-4-14-30-21)16-25-22(23-2)24-15-19-6-8-26(9-7-19)10-12-28-3/h4-5,14,18-20H,6-13,15-17H2,1-3H3,(H2,23,24,25). The Morgan fingerprint density at radius 2 is 2.17 bits per heavy atom. The van der Waals surface area contributed by atoms with Crippen molar-refractivity contribution >= 4 is 17.3 Å². The van der Waals surface area contributed by atoms with Crippen LogP contribution in [0.15, 0.2) is 22.5 Å². The molecule has 2 fully saturated rings. The molecule has 8 heteroatoms. The molecule has 2 aliphatic rings. The van der Waals surface area contributed by atoms with E-state index in [0.717, 1.165) is 65.0 Å². The molecule has 7 nitrogen and oxygen atoms in total.